The van der Waals surface area contributed by atoms with Gasteiger partial charge in [-0.05, 0) is 31.0 Å². The monoisotopic (exact) mass is 255 g/mol. The molecular weight excluding hydrogens is 242 g/mol. The Morgan fingerprint density at radius 1 is 1.05 bits per heavy atom. The van der Waals surface area contributed by atoms with Crippen LogP contribution in [-0.2, 0) is 0 Å². The molecule has 0 heterocycles. The van der Waals surface area contributed by atoms with Crippen LogP contribution in [-0.4, -0.2) is 11.2 Å². The number of hydrogen-bond donors (Lipinski definition) is 0. The van der Waals surface area contributed by atoms with E-state index in [2.05, 4.69) is 0 Å². The summed E-state index contributed by atoms with van der Waals surface area (Å²) in [6.45, 7) is 3.85. The standard InChI is InChI=1S/C15H13NO3/c1-10-3-4-11(2)14(7-10)13-6-5-12(9-17)8-15(13)16(18)19/h3-9H,1-2H3. The number of nitro groups is 1. The van der Waals surface area contributed by atoms with E-state index in [-0.39, 0.29) is 5.69 Å². The van der Waals surface area contributed by atoms with E-state index in [9.17, 15) is 14.9 Å². The molecule has 0 bridgehead atoms. The Balaban J connectivity index is 2.71. The third kappa shape index (κ3) is 2.52. The third-order valence-electron chi connectivity index (χ3n) is 3.04. The minimum Gasteiger partial charge on any atom is -0.298 e. The second-order valence-corrected chi connectivity index (χ2v) is 4.47. The van der Waals surface area contributed by atoms with Gasteiger partial charge in [-0.25, -0.2) is 0 Å². The fourth-order valence-electron chi connectivity index (χ4n) is 2.03. The topological polar surface area (TPSA) is 60.2 Å². The van der Waals surface area contributed by atoms with Gasteiger partial charge in [0.25, 0.3) is 5.69 Å². The van der Waals surface area contributed by atoms with Gasteiger partial charge in [0, 0.05) is 11.6 Å². The zero-order valence-electron chi connectivity index (χ0n) is 10.7. The highest BCUT2D eigenvalue weighted by Gasteiger charge is 2.17. The molecule has 0 atom stereocenters. The molecule has 0 spiro atoms. The van der Waals surface area contributed by atoms with Crippen LogP contribution in [0.3, 0.4) is 0 Å². The predicted octanol–water partition coefficient (Wildman–Crippen LogP) is 3.69. The van der Waals surface area contributed by atoms with Crippen molar-refractivity contribution in [3.63, 3.8) is 0 Å². The second kappa shape index (κ2) is 5.02. The summed E-state index contributed by atoms with van der Waals surface area (Å²) in [5.74, 6) is 0. The van der Waals surface area contributed by atoms with E-state index in [1.54, 1.807) is 12.1 Å². The molecule has 4 heteroatoms. The molecule has 0 amide bonds. The van der Waals surface area contributed by atoms with Crippen molar-refractivity contribution in [3.8, 4) is 11.1 Å². The van der Waals surface area contributed by atoms with Crippen molar-refractivity contribution < 1.29 is 9.72 Å². The molecule has 0 radical (unpaired) electrons. The quantitative estimate of drug-likeness (QED) is 0.477. The van der Waals surface area contributed by atoms with Crippen molar-refractivity contribution in [3.05, 3.63) is 63.2 Å². The maximum Gasteiger partial charge on any atom is 0.277 e. The minimum atomic E-state index is -0.454. The Morgan fingerprint density at radius 3 is 2.42 bits per heavy atom. The van der Waals surface area contributed by atoms with Crippen molar-refractivity contribution in [2.75, 3.05) is 0 Å². The van der Waals surface area contributed by atoms with Gasteiger partial charge in [-0.15, -0.1) is 0 Å². The van der Waals surface area contributed by atoms with Gasteiger partial charge in [0.2, 0.25) is 0 Å². The molecule has 0 unspecified atom stereocenters. The van der Waals surface area contributed by atoms with Crippen LogP contribution in [0, 0.1) is 24.0 Å². The summed E-state index contributed by atoms with van der Waals surface area (Å²) in [7, 11) is 0. The fourth-order valence-corrected chi connectivity index (χ4v) is 2.03. The van der Waals surface area contributed by atoms with Crippen LogP contribution in [0.5, 0.6) is 0 Å². The zero-order chi connectivity index (χ0) is 14.0. The van der Waals surface area contributed by atoms with Crippen LogP contribution in [0.2, 0.25) is 0 Å². The second-order valence-electron chi connectivity index (χ2n) is 4.47. The normalized spacial score (nSPS) is 10.2. The van der Waals surface area contributed by atoms with Crippen molar-refractivity contribution in [2.24, 2.45) is 0 Å². The maximum atomic E-state index is 11.1. The number of aldehydes is 1. The number of hydrogen-bond acceptors (Lipinski definition) is 3. The summed E-state index contributed by atoms with van der Waals surface area (Å²) in [6.07, 6.45) is 0.611. The third-order valence-corrected chi connectivity index (χ3v) is 3.04. The highest BCUT2D eigenvalue weighted by molar-refractivity contribution is 5.83. The van der Waals surface area contributed by atoms with Gasteiger partial charge in [0.1, 0.15) is 6.29 Å². The Labute approximate surface area is 110 Å². The molecule has 2 aromatic carbocycles. The molecular formula is C15H13NO3. The molecule has 0 N–H and O–H groups in total. The van der Waals surface area contributed by atoms with Crippen molar-refractivity contribution in [1.82, 2.24) is 0 Å². The molecule has 0 fully saturated rings. The first-order valence-corrected chi connectivity index (χ1v) is 5.84. The minimum absolute atomic E-state index is 0.0432. The van der Waals surface area contributed by atoms with Crippen molar-refractivity contribution in [2.45, 2.75) is 13.8 Å². The number of nitrogens with zero attached hydrogens (tertiary/aromatic N) is 1. The van der Waals surface area contributed by atoms with Crippen molar-refractivity contribution in [1.29, 1.82) is 0 Å². The number of aryl methyl sites for hydroxylation is 2. The van der Waals surface area contributed by atoms with E-state index < -0.39 is 4.92 Å². The highest BCUT2D eigenvalue weighted by atomic mass is 16.6. The SMILES string of the molecule is Cc1ccc(C)c(-c2ccc(C=O)cc2[N+](=O)[O-])c1. The van der Waals surface area contributed by atoms with E-state index in [0.29, 0.717) is 17.4 Å². The number of rotatable bonds is 3. The Hall–Kier alpha value is -2.49. The largest absolute Gasteiger partial charge is 0.298 e. The van der Waals surface area contributed by atoms with Gasteiger partial charge in [-0.1, -0.05) is 29.8 Å². The summed E-state index contributed by atoms with van der Waals surface area (Å²) < 4.78 is 0. The molecule has 0 aromatic heterocycles. The zero-order valence-corrected chi connectivity index (χ0v) is 10.7. The predicted molar refractivity (Wildman–Crippen MR) is 73.4 cm³/mol. The lowest BCUT2D eigenvalue weighted by molar-refractivity contribution is -0.384. The van der Waals surface area contributed by atoms with Crippen molar-refractivity contribution >= 4 is 12.0 Å². The molecule has 0 aliphatic rings. The van der Waals surface area contributed by atoms with E-state index in [1.165, 1.54) is 6.07 Å². The van der Waals surface area contributed by atoms with Gasteiger partial charge in [-0.3, -0.25) is 14.9 Å². The molecule has 2 rings (SSSR count). The first-order chi connectivity index (χ1) is 9.02. The summed E-state index contributed by atoms with van der Waals surface area (Å²) in [6, 6.07) is 10.3. The lowest BCUT2D eigenvalue weighted by Gasteiger charge is -2.08. The molecule has 0 aliphatic heterocycles. The molecule has 2 aromatic rings. The van der Waals surface area contributed by atoms with Gasteiger partial charge < -0.3 is 0 Å². The summed E-state index contributed by atoms with van der Waals surface area (Å²) >= 11 is 0. The molecule has 96 valence electrons. The fraction of sp³-hybridized carbons (Fsp3) is 0.133. The van der Waals surface area contributed by atoms with Gasteiger partial charge >= 0.3 is 0 Å². The molecule has 0 aliphatic carbocycles. The first-order valence-electron chi connectivity index (χ1n) is 5.84. The molecule has 0 saturated carbocycles. The highest BCUT2D eigenvalue weighted by Crippen LogP contribution is 2.33. The number of benzene rings is 2. The Kier molecular flexibility index (Phi) is 3.42. The van der Waals surface area contributed by atoms with Crippen LogP contribution in [0.4, 0.5) is 5.69 Å². The lowest BCUT2D eigenvalue weighted by Crippen LogP contribution is -1.95. The van der Waals surface area contributed by atoms with E-state index >= 15 is 0 Å². The smallest absolute Gasteiger partial charge is 0.277 e. The van der Waals surface area contributed by atoms with E-state index in [1.807, 2.05) is 32.0 Å². The van der Waals surface area contributed by atoms with E-state index in [4.69, 9.17) is 0 Å². The van der Waals surface area contributed by atoms with Crippen LogP contribution >= 0.6 is 0 Å². The van der Waals surface area contributed by atoms with Crippen LogP contribution in [0.1, 0.15) is 21.5 Å². The van der Waals surface area contributed by atoms with Crippen LogP contribution in [0.25, 0.3) is 11.1 Å². The summed E-state index contributed by atoms with van der Waals surface area (Å²) in [5.41, 5.74) is 3.63. The number of carbonyl (C=O) groups excluding carboxylic acids is 1. The summed E-state index contributed by atoms with van der Waals surface area (Å²) in [4.78, 5) is 21.4. The van der Waals surface area contributed by atoms with Gasteiger partial charge in [0.05, 0.1) is 10.5 Å². The van der Waals surface area contributed by atoms with Crippen LogP contribution < -0.4 is 0 Å². The average Bonchev–Trinajstić information content (AvgIpc) is 2.40. The number of nitro benzene ring substituents is 1. The number of carbonyl (C=O) groups is 1. The molecule has 4 nitrogen and oxygen atoms in total. The first kappa shape index (κ1) is 13.0. The average molecular weight is 255 g/mol. The van der Waals surface area contributed by atoms with Crippen LogP contribution in [0.15, 0.2) is 36.4 Å². The van der Waals surface area contributed by atoms with Gasteiger partial charge in [-0.2, -0.15) is 0 Å². The van der Waals surface area contributed by atoms with Gasteiger partial charge in [0.15, 0.2) is 0 Å². The Bertz CT molecular complexity index is 662. The Morgan fingerprint density at radius 2 is 1.79 bits per heavy atom. The summed E-state index contributed by atoms with van der Waals surface area (Å²) in [5, 5.41) is 11.1. The maximum absolute atomic E-state index is 11.1. The molecule has 19 heavy (non-hydrogen) atoms. The van der Waals surface area contributed by atoms with E-state index in [0.717, 1.165) is 16.7 Å². The molecule has 0 saturated heterocycles. The lowest BCUT2D eigenvalue weighted by atomic mass is 9.96.